The lowest BCUT2D eigenvalue weighted by Crippen LogP contribution is -2.04. The van der Waals surface area contributed by atoms with Crippen LogP contribution in [-0.2, 0) is 0 Å². The molecule has 1 N–H and O–H groups in total. The first kappa shape index (κ1) is 9.34. The van der Waals surface area contributed by atoms with Gasteiger partial charge in [0.1, 0.15) is 11.6 Å². The molecular weight excluding hydrogens is 184 g/mol. The van der Waals surface area contributed by atoms with Crippen LogP contribution in [0.25, 0.3) is 6.08 Å². The maximum Gasteiger partial charge on any atom is 0.130 e. The molecule has 0 spiro atoms. The molecule has 1 aliphatic heterocycles. The van der Waals surface area contributed by atoms with Gasteiger partial charge in [-0.15, -0.1) is 0 Å². The summed E-state index contributed by atoms with van der Waals surface area (Å²) >= 11 is 0. The predicted molar refractivity (Wildman–Crippen MR) is 51.8 cm³/mol. The minimum absolute atomic E-state index is 0.337. The lowest BCUT2D eigenvalue weighted by Gasteiger charge is -1.99. The van der Waals surface area contributed by atoms with E-state index in [1.54, 1.807) is 6.08 Å². The highest BCUT2D eigenvalue weighted by atomic mass is 19.1. The lowest BCUT2D eigenvalue weighted by atomic mass is 10.1. The van der Waals surface area contributed by atoms with Gasteiger partial charge in [-0.25, -0.2) is 8.78 Å². The van der Waals surface area contributed by atoms with Gasteiger partial charge in [-0.2, -0.15) is 0 Å². The Morgan fingerprint density at radius 2 is 2.14 bits per heavy atom. The monoisotopic (exact) mass is 195 g/mol. The third-order valence-electron chi connectivity index (χ3n) is 2.29. The van der Waals surface area contributed by atoms with Gasteiger partial charge in [0.05, 0.1) is 0 Å². The maximum atomic E-state index is 13.2. The predicted octanol–water partition coefficient (Wildman–Crippen LogP) is 2.34. The summed E-state index contributed by atoms with van der Waals surface area (Å²) in [5.74, 6) is -0.769. The average Bonchev–Trinajstić information content (AvgIpc) is 2.64. The van der Waals surface area contributed by atoms with Gasteiger partial charge in [0, 0.05) is 12.1 Å². The molecule has 0 aromatic heterocycles. The Hall–Kier alpha value is -1.22. The number of halogens is 2. The van der Waals surface area contributed by atoms with Crippen LogP contribution in [0.5, 0.6) is 0 Å². The van der Waals surface area contributed by atoms with E-state index in [4.69, 9.17) is 0 Å². The number of rotatable bonds is 1. The molecule has 0 amide bonds. The minimum atomic E-state index is -0.399. The molecule has 2 rings (SSSR count). The highest BCUT2D eigenvalue weighted by Crippen LogP contribution is 2.16. The van der Waals surface area contributed by atoms with Crippen molar-refractivity contribution in [3.63, 3.8) is 0 Å². The van der Waals surface area contributed by atoms with E-state index in [0.29, 0.717) is 5.56 Å². The normalized spacial score (nSPS) is 19.1. The van der Waals surface area contributed by atoms with Gasteiger partial charge in [-0.3, -0.25) is 0 Å². The number of hydrogen-bond acceptors (Lipinski definition) is 1. The fraction of sp³-hybridized carbons (Fsp3) is 0.273. The number of hydrogen-bond donors (Lipinski definition) is 1. The topological polar surface area (TPSA) is 12.0 Å². The molecule has 14 heavy (non-hydrogen) atoms. The van der Waals surface area contributed by atoms with Crippen LogP contribution in [0.3, 0.4) is 0 Å². The Kier molecular flexibility index (Phi) is 2.59. The summed E-state index contributed by atoms with van der Waals surface area (Å²) in [4.78, 5) is 0. The zero-order valence-corrected chi connectivity index (χ0v) is 7.69. The van der Waals surface area contributed by atoms with Gasteiger partial charge in [0.2, 0.25) is 0 Å². The second kappa shape index (κ2) is 3.88. The first-order valence-electron chi connectivity index (χ1n) is 4.61. The summed E-state index contributed by atoms with van der Waals surface area (Å²) < 4.78 is 26.0. The molecule has 1 saturated heterocycles. The second-order valence-electron chi connectivity index (χ2n) is 3.40. The summed E-state index contributed by atoms with van der Waals surface area (Å²) in [6, 6.07) is 3.51. The quantitative estimate of drug-likeness (QED) is 0.725. The van der Waals surface area contributed by atoms with Crippen molar-refractivity contribution in [1.82, 2.24) is 5.32 Å². The summed E-state index contributed by atoms with van der Waals surface area (Å²) in [5, 5.41) is 3.14. The van der Waals surface area contributed by atoms with Crippen molar-refractivity contribution < 1.29 is 8.78 Å². The standard InChI is InChI=1S/C11H11F2N/c12-10-1-2-11(13)9(6-10)5-8-3-4-14-7-8/h1-2,5-6,14H,3-4,7H2/b8-5-. The molecule has 74 valence electrons. The molecule has 1 aromatic rings. The minimum Gasteiger partial charge on any atom is -0.313 e. The van der Waals surface area contributed by atoms with Crippen molar-refractivity contribution >= 4 is 6.08 Å². The Bertz CT molecular complexity index is 364. The van der Waals surface area contributed by atoms with Gasteiger partial charge in [-0.05, 0) is 31.2 Å². The van der Waals surface area contributed by atoms with Crippen molar-refractivity contribution in [3.05, 3.63) is 41.0 Å². The molecule has 0 aliphatic carbocycles. The molecule has 0 bridgehead atoms. The average molecular weight is 195 g/mol. The van der Waals surface area contributed by atoms with E-state index in [2.05, 4.69) is 5.32 Å². The highest BCUT2D eigenvalue weighted by Gasteiger charge is 2.07. The van der Waals surface area contributed by atoms with Crippen LogP contribution in [0.1, 0.15) is 12.0 Å². The molecule has 3 heteroatoms. The Labute approximate surface area is 81.4 Å². The van der Waals surface area contributed by atoms with Gasteiger partial charge < -0.3 is 5.32 Å². The van der Waals surface area contributed by atoms with Crippen molar-refractivity contribution in [2.45, 2.75) is 6.42 Å². The van der Waals surface area contributed by atoms with E-state index in [1.807, 2.05) is 0 Å². The molecule has 1 aromatic carbocycles. The molecule has 1 fully saturated rings. The van der Waals surface area contributed by atoms with E-state index in [0.717, 1.165) is 37.2 Å². The van der Waals surface area contributed by atoms with Crippen LogP contribution in [-0.4, -0.2) is 13.1 Å². The van der Waals surface area contributed by atoms with Gasteiger partial charge >= 0.3 is 0 Å². The molecule has 0 radical (unpaired) electrons. The fourth-order valence-corrected chi connectivity index (χ4v) is 1.55. The van der Waals surface area contributed by atoms with Crippen LogP contribution >= 0.6 is 0 Å². The second-order valence-corrected chi connectivity index (χ2v) is 3.40. The zero-order valence-electron chi connectivity index (χ0n) is 7.69. The van der Waals surface area contributed by atoms with Crippen LogP contribution in [0.2, 0.25) is 0 Å². The first-order valence-corrected chi connectivity index (χ1v) is 4.61. The van der Waals surface area contributed by atoms with Crippen LogP contribution in [0, 0.1) is 11.6 Å². The van der Waals surface area contributed by atoms with Crippen LogP contribution < -0.4 is 5.32 Å². The van der Waals surface area contributed by atoms with E-state index < -0.39 is 5.82 Å². The smallest absolute Gasteiger partial charge is 0.130 e. The largest absolute Gasteiger partial charge is 0.313 e. The summed E-state index contributed by atoms with van der Waals surface area (Å²) in [5.41, 5.74) is 1.46. The molecular formula is C11H11F2N. The Morgan fingerprint density at radius 3 is 2.86 bits per heavy atom. The maximum absolute atomic E-state index is 13.2. The lowest BCUT2D eigenvalue weighted by molar-refractivity contribution is 0.598. The molecule has 0 unspecified atom stereocenters. The molecule has 0 saturated carbocycles. The molecule has 1 aliphatic rings. The summed E-state index contributed by atoms with van der Waals surface area (Å²) in [6.07, 6.45) is 2.63. The molecule has 0 atom stereocenters. The Balaban J connectivity index is 2.31. The number of nitrogens with one attached hydrogen (secondary N) is 1. The van der Waals surface area contributed by atoms with E-state index in [9.17, 15) is 8.78 Å². The van der Waals surface area contributed by atoms with E-state index in [-0.39, 0.29) is 5.82 Å². The van der Waals surface area contributed by atoms with Crippen LogP contribution in [0.15, 0.2) is 23.8 Å². The van der Waals surface area contributed by atoms with Crippen molar-refractivity contribution in [3.8, 4) is 0 Å². The molecule has 1 heterocycles. The van der Waals surface area contributed by atoms with Gasteiger partial charge in [0.25, 0.3) is 0 Å². The van der Waals surface area contributed by atoms with Gasteiger partial charge in [0.15, 0.2) is 0 Å². The third kappa shape index (κ3) is 1.99. The third-order valence-corrected chi connectivity index (χ3v) is 2.29. The zero-order chi connectivity index (χ0) is 9.97. The first-order chi connectivity index (χ1) is 6.75. The summed E-state index contributed by atoms with van der Waals surface area (Å²) in [7, 11) is 0. The summed E-state index contributed by atoms with van der Waals surface area (Å²) in [6.45, 7) is 1.69. The van der Waals surface area contributed by atoms with Crippen molar-refractivity contribution in [2.75, 3.05) is 13.1 Å². The Morgan fingerprint density at radius 1 is 1.29 bits per heavy atom. The van der Waals surface area contributed by atoms with E-state index in [1.165, 1.54) is 6.07 Å². The van der Waals surface area contributed by atoms with Gasteiger partial charge in [-0.1, -0.05) is 11.6 Å². The SMILES string of the molecule is Fc1ccc(F)c(/C=C2/CCNC2)c1. The molecule has 1 nitrogen and oxygen atoms in total. The van der Waals surface area contributed by atoms with Crippen LogP contribution in [0.4, 0.5) is 8.78 Å². The van der Waals surface area contributed by atoms with Crippen molar-refractivity contribution in [1.29, 1.82) is 0 Å². The highest BCUT2D eigenvalue weighted by molar-refractivity contribution is 5.54. The fourth-order valence-electron chi connectivity index (χ4n) is 1.55. The number of benzene rings is 1. The van der Waals surface area contributed by atoms with Crippen molar-refractivity contribution in [2.24, 2.45) is 0 Å². The van der Waals surface area contributed by atoms with E-state index >= 15 is 0 Å².